The van der Waals surface area contributed by atoms with Gasteiger partial charge < -0.3 is 15.4 Å². The minimum atomic E-state index is -0.0894. The van der Waals surface area contributed by atoms with Crippen molar-refractivity contribution in [2.45, 2.75) is 50.7 Å². The molecule has 0 spiro atoms. The van der Waals surface area contributed by atoms with Crippen molar-refractivity contribution in [2.75, 3.05) is 6.54 Å². The molecule has 1 aliphatic carbocycles. The molecule has 0 bridgehead atoms. The number of nitrogens with one attached hydrogen (secondary N) is 2. The van der Waals surface area contributed by atoms with Crippen LogP contribution in [0.4, 0.5) is 4.79 Å². The Hall–Kier alpha value is -2.34. The molecule has 7 heteroatoms. The molecule has 0 unspecified atom stereocenters. The summed E-state index contributed by atoms with van der Waals surface area (Å²) >= 11 is 5.77. The predicted octanol–water partition coefficient (Wildman–Crippen LogP) is 3.75. The Bertz CT molecular complexity index is 704. The molecule has 1 aliphatic rings. The third-order valence-electron chi connectivity index (χ3n) is 4.65. The summed E-state index contributed by atoms with van der Waals surface area (Å²) in [6.45, 7) is 0.674. The lowest BCUT2D eigenvalue weighted by Crippen LogP contribution is -2.45. The third-order valence-corrected chi connectivity index (χ3v) is 4.84. The van der Waals surface area contributed by atoms with Crippen molar-refractivity contribution in [2.24, 2.45) is 0 Å². The number of nitrogens with zero attached hydrogens (tertiary/aromatic N) is 2. The summed E-state index contributed by atoms with van der Waals surface area (Å²) in [7, 11) is 0. The standard InChI is InChI=1S/C20H25ClN4O2/c21-16-13-23-20(24-14-16)27-18-10-8-17(9-11-18)25-19(26)22-12-4-7-15-5-2-1-3-6-15/h1-3,5-6,13-14,17-18H,4,7-12H2,(H2,22,25,26). The number of rotatable bonds is 7. The van der Waals surface area contributed by atoms with Crippen LogP contribution in [0.25, 0.3) is 0 Å². The molecule has 1 saturated carbocycles. The lowest BCUT2D eigenvalue weighted by Gasteiger charge is -2.28. The second-order valence-corrected chi connectivity index (χ2v) is 7.20. The van der Waals surface area contributed by atoms with E-state index < -0.39 is 0 Å². The van der Waals surface area contributed by atoms with Crippen LogP contribution < -0.4 is 15.4 Å². The van der Waals surface area contributed by atoms with Gasteiger partial charge in [-0.25, -0.2) is 14.8 Å². The molecule has 0 saturated heterocycles. The van der Waals surface area contributed by atoms with Crippen LogP contribution in [-0.4, -0.2) is 34.7 Å². The van der Waals surface area contributed by atoms with Crippen LogP contribution in [-0.2, 0) is 6.42 Å². The van der Waals surface area contributed by atoms with Crippen molar-refractivity contribution in [1.29, 1.82) is 0 Å². The second kappa shape index (κ2) is 10.1. The van der Waals surface area contributed by atoms with Crippen molar-refractivity contribution < 1.29 is 9.53 Å². The number of ether oxygens (including phenoxy) is 1. The predicted molar refractivity (Wildman–Crippen MR) is 105 cm³/mol. The van der Waals surface area contributed by atoms with Crippen LogP contribution in [0.1, 0.15) is 37.7 Å². The average Bonchev–Trinajstić information content (AvgIpc) is 2.69. The van der Waals surface area contributed by atoms with Gasteiger partial charge >= 0.3 is 12.0 Å². The summed E-state index contributed by atoms with van der Waals surface area (Å²) in [6.07, 6.45) is 8.54. The van der Waals surface area contributed by atoms with E-state index in [-0.39, 0.29) is 18.2 Å². The van der Waals surface area contributed by atoms with E-state index in [9.17, 15) is 4.79 Å². The average molecular weight is 389 g/mol. The first-order chi connectivity index (χ1) is 13.2. The Balaban J connectivity index is 1.29. The van der Waals surface area contributed by atoms with E-state index in [1.165, 1.54) is 18.0 Å². The molecule has 2 N–H and O–H groups in total. The lowest BCUT2D eigenvalue weighted by molar-refractivity contribution is 0.129. The minimum absolute atomic E-state index is 0.0816. The quantitative estimate of drug-likeness (QED) is 0.708. The van der Waals surface area contributed by atoms with Crippen LogP contribution in [0.5, 0.6) is 6.01 Å². The molecule has 0 atom stereocenters. The van der Waals surface area contributed by atoms with Gasteiger partial charge in [-0.15, -0.1) is 0 Å². The first-order valence-corrected chi connectivity index (χ1v) is 9.79. The summed E-state index contributed by atoms with van der Waals surface area (Å²) < 4.78 is 5.78. The van der Waals surface area contributed by atoms with Crippen LogP contribution in [0.3, 0.4) is 0 Å². The highest BCUT2D eigenvalue weighted by Gasteiger charge is 2.24. The first-order valence-electron chi connectivity index (χ1n) is 9.41. The van der Waals surface area contributed by atoms with E-state index in [4.69, 9.17) is 16.3 Å². The molecule has 2 amide bonds. The smallest absolute Gasteiger partial charge is 0.316 e. The number of hydrogen-bond donors (Lipinski definition) is 2. The Morgan fingerprint density at radius 1 is 1.11 bits per heavy atom. The zero-order valence-corrected chi connectivity index (χ0v) is 16.0. The Labute approximate surface area is 164 Å². The number of aryl methyl sites for hydroxylation is 1. The molecule has 1 heterocycles. The zero-order chi connectivity index (χ0) is 18.9. The number of carbonyl (C=O) groups is 1. The second-order valence-electron chi connectivity index (χ2n) is 6.76. The van der Waals surface area contributed by atoms with Gasteiger partial charge in [-0.2, -0.15) is 0 Å². The molecule has 27 heavy (non-hydrogen) atoms. The monoisotopic (exact) mass is 388 g/mol. The molecular formula is C20H25ClN4O2. The van der Waals surface area contributed by atoms with Gasteiger partial charge in [0.2, 0.25) is 0 Å². The summed E-state index contributed by atoms with van der Waals surface area (Å²) in [5.41, 5.74) is 1.29. The van der Waals surface area contributed by atoms with E-state index in [2.05, 4.69) is 32.7 Å². The number of amides is 2. The highest BCUT2D eigenvalue weighted by Crippen LogP contribution is 2.22. The lowest BCUT2D eigenvalue weighted by atomic mass is 9.93. The fraction of sp³-hybridized carbons (Fsp3) is 0.450. The van der Waals surface area contributed by atoms with Crippen molar-refractivity contribution >= 4 is 17.6 Å². The molecule has 0 aliphatic heterocycles. The number of carbonyl (C=O) groups excluding carboxylic acids is 1. The molecule has 6 nitrogen and oxygen atoms in total. The van der Waals surface area contributed by atoms with E-state index in [0.717, 1.165) is 38.5 Å². The number of hydrogen-bond acceptors (Lipinski definition) is 4. The van der Waals surface area contributed by atoms with Crippen LogP contribution >= 0.6 is 11.6 Å². The van der Waals surface area contributed by atoms with Gasteiger partial charge in [0.05, 0.1) is 17.4 Å². The SMILES string of the molecule is O=C(NCCCc1ccccc1)NC1CCC(Oc2ncc(Cl)cn2)CC1. The fourth-order valence-corrected chi connectivity index (χ4v) is 3.31. The molecule has 2 aromatic rings. The third kappa shape index (κ3) is 6.71. The largest absolute Gasteiger partial charge is 0.460 e. The van der Waals surface area contributed by atoms with Crippen molar-refractivity contribution in [3.05, 3.63) is 53.3 Å². The van der Waals surface area contributed by atoms with Gasteiger partial charge in [-0.05, 0) is 44.1 Å². The normalized spacial score (nSPS) is 19.3. The van der Waals surface area contributed by atoms with Crippen molar-refractivity contribution in [3.8, 4) is 6.01 Å². The van der Waals surface area contributed by atoms with Gasteiger partial charge in [0.15, 0.2) is 0 Å². The van der Waals surface area contributed by atoms with Gasteiger partial charge in [-0.1, -0.05) is 41.9 Å². The van der Waals surface area contributed by atoms with E-state index >= 15 is 0 Å². The maximum atomic E-state index is 12.0. The molecule has 1 fully saturated rings. The number of aromatic nitrogens is 2. The number of halogens is 1. The van der Waals surface area contributed by atoms with Gasteiger partial charge in [0.1, 0.15) is 6.10 Å². The summed E-state index contributed by atoms with van der Waals surface area (Å²) in [5.74, 6) is 0. The van der Waals surface area contributed by atoms with E-state index in [1.54, 1.807) is 0 Å². The zero-order valence-electron chi connectivity index (χ0n) is 15.2. The molecule has 1 aromatic carbocycles. The number of benzene rings is 1. The molecule has 3 rings (SSSR count). The summed E-state index contributed by atoms with van der Waals surface area (Å²) in [6, 6.07) is 10.7. The topological polar surface area (TPSA) is 76.1 Å². The fourth-order valence-electron chi connectivity index (χ4n) is 3.21. The van der Waals surface area contributed by atoms with Gasteiger partial charge in [0.25, 0.3) is 0 Å². The molecule has 144 valence electrons. The number of urea groups is 1. The first kappa shape index (κ1) is 19.4. The maximum Gasteiger partial charge on any atom is 0.316 e. The van der Waals surface area contributed by atoms with Crippen LogP contribution in [0, 0.1) is 0 Å². The van der Waals surface area contributed by atoms with Crippen molar-refractivity contribution in [1.82, 2.24) is 20.6 Å². The van der Waals surface area contributed by atoms with Crippen molar-refractivity contribution in [3.63, 3.8) is 0 Å². The highest BCUT2D eigenvalue weighted by atomic mass is 35.5. The van der Waals surface area contributed by atoms with Crippen LogP contribution in [0.2, 0.25) is 5.02 Å². The molecule has 1 aromatic heterocycles. The Morgan fingerprint density at radius 2 is 1.81 bits per heavy atom. The summed E-state index contributed by atoms with van der Waals surface area (Å²) in [5, 5.41) is 6.49. The van der Waals surface area contributed by atoms with Gasteiger partial charge in [-0.3, -0.25) is 0 Å². The summed E-state index contributed by atoms with van der Waals surface area (Å²) in [4.78, 5) is 20.2. The highest BCUT2D eigenvalue weighted by molar-refractivity contribution is 6.30. The minimum Gasteiger partial charge on any atom is -0.460 e. The molecular weight excluding hydrogens is 364 g/mol. The maximum absolute atomic E-state index is 12.0. The van der Waals surface area contributed by atoms with E-state index in [0.29, 0.717) is 17.6 Å². The van der Waals surface area contributed by atoms with Gasteiger partial charge in [0, 0.05) is 12.6 Å². The van der Waals surface area contributed by atoms with E-state index in [1.807, 2.05) is 18.2 Å². The van der Waals surface area contributed by atoms with Crippen LogP contribution in [0.15, 0.2) is 42.7 Å². The Morgan fingerprint density at radius 3 is 2.52 bits per heavy atom. The Kier molecular flexibility index (Phi) is 7.27. The molecule has 0 radical (unpaired) electrons.